The van der Waals surface area contributed by atoms with Crippen molar-refractivity contribution in [2.75, 3.05) is 19.6 Å². The number of nitrogens with zero attached hydrogens (tertiary/aromatic N) is 1. The van der Waals surface area contributed by atoms with Gasteiger partial charge in [-0.2, -0.15) is 0 Å². The minimum atomic E-state index is -0.0845. The van der Waals surface area contributed by atoms with E-state index in [1.807, 2.05) is 0 Å². The standard InChI is InChI=1S/C14H26N2O2/c1-6-7-15-14(17)13(10(2)3)16-8-11(4)18-12(5)9-16/h6,10-13H,1,7-9H2,2-5H3,(H,15,17). The van der Waals surface area contributed by atoms with E-state index in [1.54, 1.807) is 6.08 Å². The van der Waals surface area contributed by atoms with Crippen molar-refractivity contribution in [2.45, 2.75) is 45.9 Å². The minimum absolute atomic E-state index is 0.0845. The third kappa shape index (κ3) is 4.10. The molecule has 0 aromatic rings. The Labute approximate surface area is 110 Å². The van der Waals surface area contributed by atoms with Crippen molar-refractivity contribution in [3.8, 4) is 0 Å². The second-order valence-electron chi connectivity index (χ2n) is 5.43. The first-order chi connectivity index (χ1) is 8.45. The van der Waals surface area contributed by atoms with Crippen LogP contribution in [-0.2, 0) is 9.53 Å². The predicted octanol–water partition coefficient (Wildman–Crippen LogP) is 1.42. The molecule has 1 rings (SSSR count). The normalized spacial score (nSPS) is 26.9. The number of amides is 1. The van der Waals surface area contributed by atoms with Gasteiger partial charge in [-0.1, -0.05) is 19.9 Å². The molecule has 4 heteroatoms. The van der Waals surface area contributed by atoms with Gasteiger partial charge < -0.3 is 10.1 Å². The summed E-state index contributed by atoms with van der Waals surface area (Å²) in [4.78, 5) is 14.5. The van der Waals surface area contributed by atoms with E-state index in [1.165, 1.54) is 0 Å². The van der Waals surface area contributed by atoms with E-state index in [4.69, 9.17) is 4.74 Å². The molecule has 1 amide bonds. The number of ether oxygens (including phenoxy) is 1. The van der Waals surface area contributed by atoms with Crippen LogP contribution >= 0.6 is 0 Å². The van der Waals surface area contributed by atoms with Crippen LogP contribution in [0.4, 0.5) is 0 Å². The summed E-state index contributed by atoms with van der Waals surface area (Å²) >= 11 is 0. The van der Waals surface area contributed by atoms with Gasteiger partial charge in [0.1, 0.15) is 0 Å². The van der Waals surface area contributed by atoms with Gasteiger partial charge in [-0.15, -0.1) is 6.58 Å². The zero-order chi connectivity index (χ0) is 13.7. The zero-order valence-electron chi connectivity index (χ0n) is 12.0. The fourth-order valence-electron chi connectivity index (χ4n) is 2.61. The van der Waals surface area contributed by atoms with Gasteiger partial charge in [0.05, 0.1) is 18.2 Å². The number of nitrogens with one attached hydrogen (secondary N) is 1. The lowest BCUT2D eigenvalue weighted by molar-refractivity contribution is -0.135. The maximum atomic E-state index is 12.2. The van der Waals surface area contributed by atoms with Gasteiger partial charge in [-0.3, -0.25) is 9.69 Å². The first-order valence-electron chi connectivity index (χ1n) is 6.73. The molecular formula is C14H26N2O2. The van der Waals surface area contributed by atoms with E-state index in [2.05, 4.69) is 44.5 Å². The van der Waals surface area contributed by atoms with Crippen LogP contribution < -0.4 is 5.32 Å². The summed E-state index contributed by atoms with van der Waals surface area (Å²) in [6.07, 6.45) is 2.07. The smallest absolute Gasteiger partial charge is 0.237 e. The quantitative estimate of drug-likeness (QED) is 0.755. The highest BCUT2D eigenvalue weighted by molar-refractivity contribution is 5.82. The molecule has 3 atom stereocenters. The Morgan fingerprint density at radius 2 is 2.00 bits per heavy atom. The molecule has 1 saturated heterocycles. The fourth-order valence-corrected chi connectivity index (χ4v) is 2.61. The summed E-state index contributed by atoms with van der Waals surface area (Å²) in [7, 11) is 0. The van der Waals surface area contributed by atoms with Crippen LogP contribution in [0.15, 0.2) is 12.7 Å². The van der Waals surface area contributed by atoms with Crippen molar-refractivity contribution in [1.82, 2.24) is 10.2 Å². The molecule has 1 fully saturated rings. The van der Waals surface area contributed by atoms with Crippen molar-refractivity contribution in [1.29, 1.82) is 0 Å². The molecule has 3 unspecified atom stereocenters. The molecule has 0 bridgehead atoms. The van der Waals surface area contributed by atoms with Crippen molar-refractivity contribution < 1.29 is 9.53 Å². The average molecular weight is 254 g/mol. The minimum Gasteiger partial charge on any atom is -0.373 e. The summed E-state index contributed by atoms with van der Waals surface area (Å²) in [5.41, 5.74) is 0. The molecule has 104 valence electrons. The van der Waals surface area contributed by atoms with Gasteiger partial charge in [0.25, 0.3) is 0 Å². The van der Waals surface area contributed by atoms with Gasteiger partial charge in [0.2, 0.25) is 5.91 Å². The molecule has 18 heavy (non-hydrogen) atoms. The molecule has 0 radical (unpaired) electrons. The lowest BCUT2D eigenvalue weighted by Gasteiger charge is -2.40. The Kier molecular flexibility index (Phi) is 5.82. The van der Waals surface area contributed by atoms with Crippen LogP contribution in [0.2, 0.25) is 0 Å². The number of carbonyl (C=O) groups excluding carboxylic acids is 1. The second kappa shape index (κ2) is 6.90. The Morgan fingerprint density at radius 3 is 2.44 bits per heavy atom. The van der Waals surface area contributed by atoms with E-state index in [9.17, 15) is 4.79 Å². The summed E-state index contributed by atoms with van der Waals surface area (Å²) in [5.74, 6) is 0.374. The number of rotatable bonds is 5. The summed E-state index contributed by atoms with van der Waals surface area (Å²) in [6, 6.07) is -0.0845. The number of hydrogen-bond acceptors (Lipinski definition) is 3. The summed E-state index contributed by atoms with van der Waals surface area (Å²) in [5, 5.41) is 2.90. The molecule has 1 N–H and O–H groups in total. The molecule has 0 aromatic carbocycles. The van der Waals surface area contributed by atoms with E-state index >= 15 is 0 Å². The highest BCUT2D eigenvalue weighted by atomic mass is 16.5. The van der Waals surface area contributed by atoms with E-state index < -0.39 is 0 Å². The predicted molar refractivity (Wildman–Crippen MR) is 73.4 cm³/mol. The Balaban J connectivity index is 2.71. The number of hydrogen-bond donors (Lipinski definition) is 1. The Morgan fingerprint density at radius 1 is 1.44 bits per heavy atom. The van der Waals surface area contributed by atoms with Crippen molar-refractivity contribution >= 4 is 5.91 Å². The topological polar surface area (TPSA) is 41.6 Å². The Bertz CT molecular complexity index is 282. The van der Waals surface area contributed by atoms with Gasteiger partial charge >= 0.3 is 0 Å². The molecule has 1 aliphatic heterocycles. The SMILES string of the molecule is C=CCNC(=O)C(C(C)C)N1CC(C)OC(C)C1. The zero-order valence-corrected chi connectivity index (χ0v) is 12.0. The van der Waals surface area contributed by atoms with Gasteiger partial charge in [-0.05, 0) is 19.8 Å². The van der Waals surface area contributed by atoms with Crippen LogP contribution in [0.25, 0.3) is 0 Å². The molecule has 0 saturated carbocycles. The maximum Gasteiger partial charge on any atom is 0.237 e. The largest absolute Gasteiger partial charge is 0.373 e. The van der Waals surface area contributed by atoms with E-state index in [0.717, 1.165) is 13.1 Å². The second-order valence-corrected chi connectivity index (χ2v) is 5.43. The molecule has 0 aliphatic carbocycles. The van der Waals surface area contributed by atoms with E-state index in [-0.39, 0.29) is 30.1 Å². The van der Waals surface area contributed by atoms with Crippen LogP contribution in [0, 0.1) is 5.92 Å². The molecule has 4 nitrogen and oxygen atoms in total. The summed E-state index contributed by atoms with van der Waals surface area (Å²) in [6.45, 7) is 14.1. The maximum absolute atomic E-state index is 12.2. The third-order valence-electron chi connectivity index (χ3n) is 3.16. The van der Waals surface area contributed by atoms with Gasteiger partial charge in [0, 0.05) is 19.6 Å². The van der Waals surface area contributed by atoms with Crippen LogP contribution in [-0.4, -0.2) is 48.7 Å². The molecule has 1 heterocycles. The lowest BCUT2D eigenvalue weighted by Crippen LogP contribution is -2.57. The monoisotopic (exact) mass is 254 g/mol. The highest BCUT2D eigenvalue weighted by Gasteiger charge is 2.33. The van der Waals surface area contributed by atoms with Crippen LogP contribution in [0.5, 0.6) is 0 Å². The summed E-state index contributed by atoms with van der Waals surface area (Å²) < 4.78 is 5.72. The highest BCUT2D eigenvalue weighted by Crippen LogP contribution is 2.18. The van der Waals surface area contributed by atoms with Crippen molar-refractivity contribution in [3.05, 3.63) is 12.7 Å². The van der Waals surface area contributed by atoms with Crippen molar-refractivity contribution in [3.63, 3.8) is 0 Å². The Hall–Kier alpha value is -0.870. The first kappa shape index (κ1) is 15.2. The molecule has 1 aliphatic rings. The van der Waals surface area contributed by atoms with Gasteiger partial charge in [0.15, 0.2) is 0 Å². The van der Waals surface area contributed by atoms with Crippen molar-refractivity contribution in [2.24, 2.45) is 5.92 Å². The molecule has 0 spiro atoms. The molecular weight excluding hydrogens is 228 g/mol. The fraction of sp³-hybridized carbons (Fsp3) is 0.786. The molecule has 0 aromatic heterocycles. The number of morpholine rings is 1. The lowest BCUT2D eigenvalue weighted by atomic mass is 9.99. The van der Waals surface area contributed by atoms with Crippen LogP contribution in [0.1, 0.15) is 27.7 Å². The van der Waals surface area contributed by atoms with Gasteiger partial charge in [-0.25, -0.2) is 0 Å². The van der Waals surface area contributed by atoms with Crippen LogP contribution in [0.3, 0.4) is 0 Å². The average Bonchev–Trinajstić information content (AvgIpc) is 2.24. The third-order valence-corrected chi connectivity index (χ3v) is 3.16. The van der Waals surface area contributed by atoms with E-state index in [0.29, 0.717) is 6.54 Å². The number of carbonyl (C=O) groups is 1. The first-order valence-corrected chi connectivity index (χ1v) is 6.73.